The topological polar surface area (TPSA) is 16.1 Å². The minimum Gasteiger partial charge on any atom is -0.378 e. The Balaban J connectivity index is 0.00000169. The quantitative estimate of drug-likeness (QED) is 0.447. The van der Waals surface area contributed by atoms with Crippen LogP contribution in [0.1, 0.15) is 0 Å². The molecule has 0 atom stereocenters. The minimum atomic E-state index is 0. The van der Waals surface area contributed by atoms with E-state index in [1.165, 1.54) is 27.6 Å². The van der Waals surface area contributed by atoms with Crippen LogP contribution in [0, 0.1) is 0 Å². The fourth-order valence-corrected chi connectivity index (χ4v) is 3.08. The number of rotatable bonds is 2. The summed E-state index contributed by atoms with van der Waals surface area (Å²) in [6, 6.07) is 25.5. The van der Waals surface area contributed by atoms with Crippen molar-refractivity contribution in [2.24, 2.45) is 0 Å². The number of benzene rings is 3. The van der Waals surface area contributed by atoms with E-state index < -0.39 is 0 Å². The highest BCUT2D eigenvalue weighted by molar-refractivity contribution is 6.09. The van der Waals surface area contributed by atoms with Gasteiger partial charge in [0.2, 0.25) is 0 Å². The molecule has 4 rings (SSSR count). The first-order valence-corrected chi connectivity index (χ1v) is 7.79. The van der Waals surface area contributed by atoms with Crippen LogP contribution in [0.3, 0.4) is 0 Å². The summed E-state index contributed by atoms with van der Waals surface area (Å²) < 4.78 is 0. The van der Waals surface area contributed by atoms with Gasteiger partial charge in [0.25, 0.3) is 0 Å². The predicted octanol–water partition coefficient (Wildman–Crippen LogP) is 5.54. The maximum Gasteiger partial charge on any atom is 0.0715 e. The van der Waals surface area contributed by atoms with Gasteiger partial charge in [-0.1, -0.05) is 48.5 Å². The van der Waals surface area contributed by atoms with Gasteiger partial charge in [-0.15, -0.1) is 12.4 Å². The number of nitrogens with zero attached hydrogens (tertiary/aromatic N) is 2. The van der Waals surface area contributed by atoms with E-state index in [0.717, 1.165) is 11.0 Å². The molecule has 0 aliphatic rings. The second kappa shape index (κ2) is 6.50. The Kier molecular flexibility index (Phi) is 4.41. The SMILES string of the molecule is CN(C)c1ccc(-c2c3ccccc3nc3ccccc23)cc1.Cl. The summed E-state index contributed by atoms with van der Waals surface area (Å²) in [5.41, 5.74) is 5.77. The molecular weight excluding hydrogens is 316 g/mol. The molecule has 0 amide bonds. The first kappa shape index (κ1) is 16.3. The van der Waals surface area contributed by atoms with Crippen LogP contribution in [0.2, 0.25) is 0 Å². The van der Waals surface area contributed by atoms with Crippen molar-refractivity contribution in [3.8, 4) is 11.1 Å². The van der Waals surface area contributed by atoms with E-state index in [0.29, 0.717) is 0 Å². The molecule has 0 aliphatic heterocycles. The Hall–Kier alpha value is -2.58. The van der Waals surface area contributed by atoms with E-state index in [2.05, 4.69) is 79.7 Å². The van der Waals surface area contributed by atoms with Crippen molar-refractivity contribution in [2.45, 2.75) is 0 Å². The average molecular weight is 335 g/mol. The van der Waals surface area contributed by atoms with E-state index >= 15 is 0 Å². The highest BCUT2D eigenvalue weighted by Crippen LogP contribution is 2.35. The summed E-state index contributed by atoms with van der Waals surface area (Å²) in [6.07, 6.45) is 0. The van der Waals surface area contributed by atoms with Crippen LogP contribution >= 0.6 is 12.4 Å². The van der Waals surface area contributed by atoms with E-state index in [-0.39, 0.29) is 12.4 Å². The minimum absolute atomic E-state index is 0. The maximum atomic E-state index is 4.80. The molecule has 0 bridgehead atoms. The summed E-state index contributed by atoms with van der Waals surface area (Å²) in [4.78, 5) is 6.92. The lowest BCUT2D eigenvalue weighted by Gasteiger charge is -2.15. The predicted molar refractivity (Wildman–Crippen MR) is 106 cm³/mol. The van der Waals surface area contributed by atoms with Crippen molar-refractivity contribution < 1.29 is 0 Å². The van der Waals surface area contributed by atoms with Crippen molar-refractivity contribution in [1.82, 2.24) is 4.98 Å². The van der Waals surface area contributed by atoms with Crippen LogP contribution in [0.15, 0.2) is 72.8 Å². The van der Waals surface area contributed by atoms with E-state index in [1.807, 2.05) is 12.1 Å². The van der Waals surface area contributed by atoms with E-state index in [4.69, 9.17) is 4.98 Å². The fourth-order valence-electron chi connectivity index (χ4n) is 3.08. The molecule has 0 unspecified atom stereocenters. The second-order valence-electron chi connectivity index (χ2n) is 5.96. The fraction of sp³-hybridized carbons (Fsp3) is 0.0952. The van der Waals surface area contributed by atoms with Crippen LogP contribution in [0.25, 0.3) is 32.9 Å². The van der Waals surface area contributed by atoms with Crippen molar-refractivity contribution >= 4 is 39.9 Å². The van der Waals surface area contributed by atoms with Gasteiger partial charge in [-0.05, 0) is 29.8 Å². The first-order chi connectivity index (χ1) is 11.2. The zero-order chi connectivity index (χ0) is 15.8. The molecule has 4 aromatic rings. The molecule has 3 aromatic carbocycles. The van der Waals surface area contributed by atoms with Crippen LogP contribution in [-0.4, -0.2) is 19.1 Å². The summed E-state index contributed by atoms with van der Waals surface area (Å²) in [5.74, 6) is 0. The molecule has 1 aromatic heterocycles. The third kappa shape index (κ3) is 2.70. The van der Waals surface area contributed by atoms with Crippen molar-refractivity contribution in [1.29, 1.82) is 0 Å². The molecule has 0 fully saturated rings. The molecule has 0 aliphatic carbocycles. The van der Waals surface area contributed by atoms with Crippen molar-refractivity contribution in [2.75, 3.05) is 19.0 Å². The molecule has 1 heterocycles. The van der Waals surface area contributed by atoms with Gasteiger partial charge in [0.05, 0.1) is 11.0 Å². The first-order valence-electron chi connectivity index (χ1n) is 7.79. The van der Waals surface area contributed by atoms with Crippen molar-refractivity contribution in [3.05, 3.63) is 72.8 Å². The molecule has 0 spiro atoms. The normalized spacial score (nSPS) is 10.6. The zero-order valence-electron chi connectivity index (χ0n) is 13.7. The summed E-state index contributed by atoms with van der Waals surface area (Å²) in [6.45, 7) is 0. The Morgan fingerprint density at radius 1 is 0.667 bits per heavy atom. The molecular formula is C21H19ClN2. The van der Waals surface area contributed by atoms with Gasteiger partial charge in [-0.3, -0.25) is 0 Å². The summed E-state index contributed by atoms with van der Waals surface area (Å²) >= 11 is 0. The van der Waals surface area contributed by atoms with Gasteiger partial charge in [0.1, 0.15) is 0 Å². The summed E-state index contributed by atoms with van der Waals surface area (Å²) in [7, 11) is 4.12. The molecule has 0 radical (unpaired) electrons. The lowest BCUT2D eigenvalue weighted by molar-refractivity contribution is 1.13. The monoisotopic (exact) mass is 334 g/mol. The Morgan fingerprint density at radius 2 is 1.17 bits per heavy atom. The second-order valence-corrected chi connectivity index (χ2v) is 5.96. The number of hydrogen-bond acceptors (Lipinski definition) is 2. The highest BCUT2D eigenvalue weighted by atomic mass is 35.5. The molecule has 0 saturated heterocycles. The highest BCUT2D eigenvalue weighted by Gasteiger charge is 2.10. The molecule has 2 nitrogen and oxygen atoms in total. The van der Waals surface area contributed by atoms with E-state index in [1.54, 1.807) is 0 Å². The molecule has 3 heteroatoms. The number of para-hydroxylation sites is 2. The third-order valence-corrected chi connectivity index (χ3v) is 4.26. The van der Waals surface area contributed by atoms with Crippen molar-refractivity contribution in [3.63, 3.8) is 0 Å². The molecule has 24 heavy (non-hydrogen) atoms. The van der Waals surface area contributed by atoms with Crippen LogP contribution in [0.5, 0.6) is 0 Å². The van der Waals surface area contributed by atoms with Gasteiger partial charge in [-0.2, -0.15) is 0 Å². The van der Waals surface area contributed by atoms with Gasteiger partial charge in [0.15, 0.2) is 0 Å². The number of halogens is 1. The lowest BCUT2D eigenvalue weighted by Crippen LogP contribution is -2.07. The van der Waals surface area contributed by atoms with Crippen LogP contribution in [-0.2, 0) is 0 Å². The number of fused-ring (bicyclic) bond motifs is 2. The van der Waals surface area contributed by atoms with Gasteiger partial charge in [0, 0.05) is 36.1 Å². The zero-order valence-corrected chi connectivity index (χ0v) is 14.5. The Morgan fingerprint density at radius 3 is 1.67 bits per heavy atom. The van der Waals surface area contributed by atoms with Gasteiger partial charge < -0.3 is 4.90 Å². The number of anilines is 1. The van der Waals surface area contributed by atoms with Gasteiger partial charge >= 0.3 is 0 Å². The average Bonchev–Trinajstić information content (AvgIpc) is 2.59. The standard InChI is InChI=1S/C21H18N2.ClH/c1-23(2)16-13-11-15(12-14-16)21-17-7-3-5-9-19(17)22-20-10-6-4-8-18(20)21;/h3-14H,1-2H3;1H. The van der Waals surface area contributed by atoms with Gasteiger partial charge in [-0.25, -0.2) is 4.98 Å². The number of aromatic nitrogens is 1. The third-order valence-electron chi connectivity index (χ3n) is 4.26. The molecule has 120 valence electrons. The Labute approximate surface area is 148 Å². The maximum absolute atomic E-state index is 4.80. The number of hydrogen-bond donors (Lipinski definition) is 0. The summed E-state index contributed by atoms with van der Waals surface area (Å²) in [5, 5.41) is 2.40. The van der Waals surface area contributed by atoms with E-state index in [9.17, 15) is 0 Å². The Bertz CT molecular complexity index is 937. The smallest absolute Gasteiger partial charge is 0.0715 e. The largest absolute Gasteiger partial charge is 0.378 e. The number of pyridine rings is 1. The lowest BCUT2D eigenvalue weighted by atomic mass is 9.96. The molecule has 0 N–H and O–H groups in total. The molecule has 0 saturated carbocycles. The van der Waals surface area contributed by atoms with Crippen LogP contribution in [0.4, 0.5) is 5.69 Å². The van der Waals surface area contributed by atoms with Crippen LogP contribution < -0.4 is 4.90 Å².